The van der Waals surface area contributed by atoms with Gasteiger partial charge in [-0.15, -0.1) is 0 Å². The fraction of sp³-hybridized carbons (Fsp3) is 0.433. The van der Waals surface area contributed by atoms with Crippen molar-refractivity contribution in [3.63, 3.8) is 0 Å². The van der Waals surface area contributed by atoms with Gasteiger partial charge in [0.05, 0.1) is 22.5 Å². The number of amides is 3. The van der Waals surface area contributed by atoms with E-state index in [9.17, 15) is 23.6 Å². The predicted octanol–water partition coefficient (Wildman–Crippen LogP) is 4.03. The molecule has 2 aliphatic rings. The van der Waals surface area contributed by atoms with Gasteiger partial charge in [0.2, 0.25) is 0 Å². The summed E-state index contributed by atoms with van der Waals surface area (Å²) in [6.07, 6.45) is 5.02. The highest BCUT2D eigenvalue weighted by Crippen LogP contribution is 2.30. The van der Waals surface area contributed by atoms with Gasteiger partial charge in [-0.05, 0) is 81.8 Å². The number of hydrogen-bond donors (Lipinski definition) is 3. The van der Waals surface area contributed by atoms with Crippen LogP contribution in [0, 0.1) is 23.1 Å². The molecule has 0 saturated heterocycles. The molecular formula is C30H33FN6O4. The van der Waals surface area contributed by atoms with E-state index in [2.05, 4.69) is 16.0 Å². The van der Waals surface area contributed by atoms with Crippen LogP contribution in [-0.2, 0) is 6.54 Å². The lowest BCUT2D eigenvalue weighted by Crippen LogP contribution is -2.54. The number of anilines is 1. The molecule has 11 heteroatoms. The van der Waals surface area contributed by atoms with Crippen LogP contribution in [0.25, 0.3) is 10.9 Å². The second-order valence-electron chi connectivity index (χ2n) is 11.2. The largest absolute Gasteiger partial charge is 0.347 e. The highest BCUT2D eigenvalue weighted by Gasteiger charge is 2.29. The molecule has 0 unspecified atom stereocenters. The van der Waals surface area contributed by atoms with Crippen molar-refractivity contribution < 1.29 is 14.0 Å². The van der Waals surface area contributed by atoms with Gasteiger partial charge in [-0.2, -0.15) is 5.26 Å². The van der Waals surface area contributed by atoms with Crippen LogP contribution in [0.2, 0.25) is 0 Å². The number of nitriles is 1. The Hall–Kier alpha value is -4.46. The van der Waals surface area contributed by atoms with Crippen LogP contribution in [0.5, 0.6) is 0 Å². The molecule has 3 N–H and O–H groups in total. The van der Waals surface area contributed by atoms with Gasteiger partial charge in [0.25, 0.3) is 11.5 Å². The molecule has 10 nitrogen and oxygen atoms in total. The van der Waals surface area contributed by atoms with E-state index in [-0.39, 0.29) is 41.0 Å². The third-order valence-electron chi connectivity index (χ3n) is 7.83. The summed E-state index contributed by atoms with van der Waals surface area (Å²) in [6.45, 7) is 4.15. The number of nitrogens with one attached hydrogen (secondary N) is 3. The number of urea groups is 1. The standard InChI is InChI=1S/C30H33FN6O4/c1-17(2)37-26-12-10-19(13-22(26)28(39)36(30(37)41)16-18-7-8-18)27(38)34-24-5-3-4-6-25(24)35-29(40)33-21-11-9-20(15-32)23(31)14-21/h9-14,17-18,24-25H,3-8,16H2,1-2H3,(H,34,38)(H2,33,35,40)/t24-,25-/m0/s1. The summed E-state index contributed by atoms with van der Waals surface area (Å²) in [7, 11) is 0. The highest BCUT2D eigenvalue weighted by molar-refractivity contribution is 5.98. The van der Waals surface area contributed by atoms with Crippen molar-refractivity contribution in [3.05, 3.63) is 74.2 Å². The van der Waals surface area contributed by atoms with Gasteiger partial charge in [0.1, 0.15) is 11.9 Å². The molecule has 0 aliphatic heterocycles. The number of nitrogens with zero attached hydrogens (tertiary/aromatic N) is 3. The lowest BCUT2D eigenvalue weighted by Gasteiger charge is -2.32. The van der Waals surface area contributed by atoms with E-state index in [0.29, 0.717) is 41.8 Å². The molecule has 1 aromatic heterocycles. The van der Waals surface area contributed by atoms with Crippen molar-refractivity contribution in [2.24, 2.45) is 5.92 Å². The van der Waals surface area contributed by atoms with E-state index in [0.717, 1.165) is 31.7 Å². The first-order valence-corrected chi connectivity index (χ1v) is 14.0. The second kappa shape index (κ2) is 11.6. The van der Waals surface area contributed by atoms with Gasteiger partial charge in [-0.3, -0.25) is 18.7 Å². The maximum atomic E-state index is 13.9. The average molecular weight is 561 g/mol. The number of rotatable bonds is 7. The van der Waals surface area contributed by atoms with Crippen molar-refractivity contribution in [1.82, 2.24) is 19.8 Å². The van der Waals surface area contributed by atoms with Gasteiger partial charge in [0.15, 0.2) is 0 Å². The molecule has 2 aliphatic carbocycles. The van der Waals surface area contributed by atoms with Crippen molar-refractivity contribution in [3.8, 4) is 6.07 Å². The number of aromatic nitrogens is 2. The maximum absolute atomic E-state index is 13.9. The number of carbonyl (C=O) groups excluding carboxylic acids is 2. The molecular weight excluding hydrogens is 527 g/mol. The molecule has 5 rings (SSSR count). The minimum atomic E-state index is -0.729. The van der Waals surface area contributed by atoms with E-state index in [1.807, 2.05) is 13.8 Å². The smallest absolute Gasteiger partial charge is 0.331 e. The molecule has 0 radical (unpaired) electrons. The number of carbonyl (C=O) groups is 2. The SMILES string of the molecule is CC(C)n1c(=O)n(CC2CC2)c(=O)c2cc(C(=O)N[C@H]3CCCC[C@@H]3NC(=O)Nc3ccc(C#N)c(F)c3)ccc21. The molecule has 3 amide bonds. The zero-order chi connectivity index (χ0) is 29.3. The molecule has 2 saturated carbocycles. The van der Waals surface area contributed by atoms with Crippen molar-refractivity contribution >= 4 is 28.5 Å². The van der Waals surface area contributed by atoms with E-state index in [4.69, 9.17) is 5.26 Å². The minimum absolute atomic E-state index is 0.117. The monoisotopic (exact) mass is 560 g/mol. The molecule has 2 fully saturated rings. The predicted molar refractivity (Wildman–Crippen MR) is 152 cm³/mol. The van der Waals surface area contributed by atoms with Crippen molar-refractivity contribution in [2.75, 3.05) is 5.32 Å². The van der Waals surface area contributed by atoms with Gasteiger partial charge < -0.3 is 16.0 Å². The number of fused-ring (bicyclic) bond motifs is 1. The topological polar surface area (TPSA) is 138 Å². The summed E-state index contributed by atoms with van der Waals surface area (Å²) < 4.78 is 16.8. The van der Waals surface area contributed by atoms with E-state index in [1.165, 1.54) is 16.7 Å². The van der Waals surface area contributed by atoms with Crippen LogP contribution in [0.1, 0.15) is 74.3 Å². The van der Waals surface area contributed by atoms with Crippen LogP contribution in [-0.4, -0.2) is 33.2 Å². The Balaban J connectivity index is 1.34. The molecule has 3 aromatic rings. The van der Waals surface area contributed by atoms with Crippen LogP contribution in [0.4, 0.5) is 14.9 Å². The Labute approximate surface area is 236 Å². The minimum Gasteiger partial charge on any atom is -0.347 e. The van der Waals surface area contributed by atoms with Crippen LogP contribution >= 0.6 is 0 Å². The first kappa shape index (κ1) is 28.1. The molecule has 0 bridgehead atoms. The van der Waals surface area contributed by atoms with Crippen LogP contribution < -0.4 is 27.2 Å². The second-order valence-corrected chi connectivity index (χ2v) is 11.2. The van der Waals surface area contributed by atoms with Gasteiger partial charge >= 0.3 is 11.7 Å². The normalized spacial score (nSPS) is 18.6. The van der Waals surface area contributed by atoms with Crippen LogP contribution in [0.15, 0.2) is 46.0 Å². The first-order chi connectivity index (χ1) is 19.7. The fourth-order valence-electron chi connectivity index (χ4n) is 5.49. The summed E-state index contributed by atoms with van der Waals surface area (Å²) in [5, 5.41) is 17.7. The number of benzene rings is 2. The molecule has 1 heterocycles. The molecule has 2 atom stereocenters. The Bertz CT molecular complexity index is 1670. The summed E-state index contributed by atoms with van der Waals surface area (Å²) in [5.74, 6) is -0.780. The Morgan fingerprint density at radius 1 is 1.02 bits per heavy atom. The van der Waals surface area contributed by atoms with Gasteiger partial charge in [-0.1, -0.05) is 12.8 Å². The van der Waals surface area contributed by atoms with E-state index >= 15 is 0 Å². The van der Waals surface area contributed by atoms with E-state index < -0.39 is 17.4 Å². The van der Waals surface area contributed by atoms with Crippen LogP contribution in [0.3, 0.4) is 0 Å². The highest BCUT2D eigenvalue weighted by atomic mass is 19.1. The van der Waals surface area contributed by atoms with Gasteiger partial charge in [0, 0.05) is 29.9 Å². The Morgan fingerprint density at radius 2 is 1.73 bits per heavy atom. The third-order valence-corrected chi connectivity index (χ3v) is 7.83. The lowest BCUT2D eigenvalue weighted by molar-refractivity contribution is 0.0916. The van der Waals surface area contributed by atoms with Crippen molar-refractivity contribution in [2.45, 2.75) is 77.0 Å². The zero-order valence-corrected chi connectivity index (χ0v) is 23.1. The summed E-state index contributed by atoms with van der Waals surface area (Å²) >= 11 is 0. The number of hydrogen-bond acceptors (Lipinski definition) is 5. The maximum Gasteiger partial charge on any atom is 0.331 e. The van der Waals surface area contributed by atoms with E-state index in [1.54, 1.807) is 28.8 Å². The number of halogens is 1. The summed E-state index contributed by atoms with van der Waals surface area (Å²) in [5.41, 5.74) is 0.152. The molecule has 0 spiro atoms. The third kappa shape index (κ3) is 6.01. The molecule has 41 heavy (non-hydrogen) atoms. The first-order valence-electron chi connectivity index (χ1n) is 14.0. The summed E-state index contributed by atoms with van der Waals surface area (Å²) in [4.78, 5) is 52.5. The fourth-order valence-corrected chi connectivity index (χ4v) is 5.49. The average Bonchev–Trinajstić information content (AvgIpc) is 3.76. The Morgan fingerprint density at radius 3 is 2.37 bits per heavy atom. The molecule has 214 valence electrons. The van der Waals surface area contributed by atoms with Gasteiger partial charge in [-0.25, -0.2) is 14.0 Å². The van der Waals surface area contributed by atoms with Crippen molar-refractivity contribution in [1.29, 1.82) is 5.26 Å². The molecule has 2 aromatic carbocycles. The summed E-state index contributed by atoms with van der Waals surface area (Å²) in [6, 6.07) is 8.92. The zero-order valence-electron chi connectivity index (χ0n) is 23.1. The Kier molecular flexibility index (Phi) is 7.92. The quantitative estimate of drug-likeness (QED) is 0.401. The lowest BCUT2D eigenvalue weighted by atomic mass is 9.90.